The minimum absolute atomic E-state index is 0.211. The van der Waals surface area contributed by atoms with Crippen LogP contribution in [0.15, 0.2) is 27.6 Å². The van der Waals surface area contributed by atoms with Crippen LogP contribution in [0.3, 0.4) is 0 Å². The molecule has 1 aromatic rings. The largest absolute Gasteiger partial charge is 0.398 e. The van der Waals surface area contributed by atoms with E-state index >= 15 is 0 Å². The summed E-state index contributed by atoms with van der Waals surface area (Å²) < 4.78 is 31.4. The van der Waals surface area contributed by atoms with E-state index in [1.165, 1.54) is 23.5 Å². The van der Waals surface area contributed by atoms with Crippen LogP contribution in [0.1, 0.15) is 6.92 Å². The van der Waals surface area contributed by atoms with Gasteiger partial charge < -0.3 is 10.5 Å². The fourth-order valence-electron chi connectivity index (χ4n) is 1.31. The van der Waals surface area contributed by atoms with E-state index in [0.717, 1.165) is 0 Å². The van der Waals surface area contributed by atoms with E-state index in [-0.39, 0.29) is 4.90 Å². The van der Waals surface area contributed by atoms with Crippen molar-refractivity contribution in [3.63, 3.8) is 0 Å². The molecule has 0 aliphatic carbocycles. The Kier molecular flexibility index (Phi) is 5.58. The van der Waals surface area contributed by atoms with Crippen LogP contribution in [-0.4, -0.2) is 39.5 Å². The Morgan fingerprint density at radius 1 is 1.44 bits per heavy atom. The van der Waals surface area contributed by atoms with Gasteiger partial charge in [-0.1, -0.05) is 0 Å². The molecule has 0 atom stereocenters. The second-order valence-corrected chi connectivity index (χ2v) is 6.61. The van der Waals surface area contributed by atoms with E-state index in [4.69, 9.17) is 10.5 Å². The smallest absolute Gasteiger partial charge is 0.242 e. The van der Waals surface area contributed by atoms with Crippen LogP contribution in [0.5, 0.6) is 0 Å². The molecule has 0 aliphatic heterocycles. The van der Waals surface area contributed by atoms with Gasteiger partial charge in [-0.25, -0.2) is 8.42 Å². The molecular weight excluding hydrogens is 320 g/mol. The number of sulfonamides is 1. The van der Waals surface area contributed by atoms with Gasteiger partial charge >= 0.3 is 0 Å². The van der Waals surface area contributed by atoms with Crippen LogP contribution >= 0.6 is 15.9 Å². The van der Waals surface area contributed by atoms with Crippen LogP contribution in [0, 0.1) is 0 Å². The van der Waals surface area contributed by atoms with Gasteiger partial charge in [-0.05, 0) is 41.1 Å². The average Bonchev–Trinajstić information content (AvgIpc) is 2.32. The Morgan fingerprint density at radius 2 is 2.11 bits per heavy atom. The second-order valence-electron chi connectivity index (χ2n) is 3.71. The van der Waals surface area contributed by atoms with E-state index in [1.54, 1.807) is 6.07 Å². The Labute approximate surface area is 116 Å². The summed E-state index contributed by atoms with van der Waals surface area (Å²) in [6.45, 7) is 3.13. The van der Waals surface area contributed by atoms with E-state index in [1.807, 2.05) is 6.92 Å². The molecule has 0 aromatic heterocycles. The van der Waals surface area contributed by atoms with Gasteiger partial charge in [0.2, 0.25) is 10.0 Å². The lowest BCUT2D eigenvalue weighted by Gasteiger charge is -2.17. The van der Waals surface area contributed by atoms with Gasteiger partial charge in [0.1, 0.15) is 0 Å². The van der Waals surface area contributed by atoms with Crippen molar-refractivity contribution in [1.29, 1.82) is 0 Å². The van der Waals surface area contributed by atoms with Gasteiger partial charge in [0.25, 0.3) is 0 Å². The number of hydrogen-bond donors (Lipinski definition) is 1. The molecule has 1 rings (SSSR count). The highest BCUT2D eigenvalue weighted by Crippen LogP contribution is 2.24. The van der Waals surface area contributed by atoms with Crippen molar-refractivity contribution >= 4 is 31.6 Å². The maximum absolute atomic E-state index is 12.2. The number of nitrogens with two attached hydrogens (primary N) is 1. The quantitative estimate of drug-likeness (QED) is 0.633. The van der Waals surface area contributed by atoms with Gasteiger partial charge in [-0.2, -0.15) is 4.31 Å². The molecule has 0 bridgehead atoms. The summed E-state index contributed by atoms with van der Waals surface area (Å²) >= 11 is 3.22. The van der Waals surface area contributed by atoms with Crippen molar-refractivity contribution in [2.45, 2.75) is 11.8 Å². The molecule has 0 heterocycles. The lowest BCUT2D eigenvalue weighted by molar-refractivity contribution is 0.138. The number of rotatable bonds is 6. The molecule has 0 saturated heterocycles. The first kappa shape index (κ1) is 15.4. The summed E-state index contributed by atoms with van der Waals surface area (Å²) in [5.41, 5.74) is 6.14. The van der Waals surface area contributed by atoms with Gasteiger partial charge in [0.05, 0.1) is 11.5 Å². The molecule has 0 spiro atoms. The molecule has 0 aliphatic rings. The summed E-state index contributed by atoms with van der Waals surface area (Å²) in [7, 11) is -1.96. The van der Waals surface area contributed by atoms with E-state index < -0.39 is 10.0 Å². The predicted molar refractivity (Wildman–Crippen MR) is 74.9 cm³/mol. The minimum Gasteiger partial charge on any atom is -0.398 e. The molecule has 7 heteroatoms. The van der Waals surface area contributed by atoms with Crippen molar-refractivity contribution in [2.24, 2.45) is 0 Å². The lowest BCUT2D eigenvalue weighted by Crippen LogP contribution is -2.30. The second kappa shape index (κ2) is 6.51. The van der Waals surface area contributed by atoms with Crippen molar-refractivity contribution in [2.75, 3.05) is 32.5 Å². The van der Waals surface area contributed by atoms with Crippen molar-refractivity contribution < 1.29 is 13.2 Å². The normalized spacial score (nSPS) is 12.0. The van der Waals surface area contributed by atoms with Crippen LogP contribution in [0.25, 0.3) is 0 Å². The zero-order chi connectivity index (χ0) is 13.8. The number of nitrogens with zero attached hydrogens (tertiary/aromatic N) is 1. The summed E-state index contributed by atoms with van der Waals surface area (Å²) in [4.78, 5) is 0.211. The first-order valence-electron chi connectivity index (χ1n) is 5.48. The third kappa shape index (κ3) is 3.68. The monoisotopic (exact) mass is 336 g/mol. The first-order valence-corrected chi connectivity index (χ1v) is 7.72. The zero-order valence-corrected chi connectivity index (χ0v) is 12.8. The number of hydrogen-bond acceptors (Lipinski definition) is 4. The molecule has 0 saturated carbocycles. The third-order valence-corrected chi connectivity index (χ3v) is 4.97. The number of nitrogen functional groups attached to an aromatic ring is 1. The predicted octanol–water partition coefficient (Wildman–Crippen LogP) is 1.69. The highest BCUT2D eigenvalue weighted by Gasteiger charge is 2.20. The van der Waals surface area contributed by atoms with Crippen LogP contribution in [0.4, 0.5) is 5.69 Å². The van der Waals surface area contributed by atoms with Crippen molar-refractivity contribution in [3.05, 3.63) is 22.7 Å². The molecule has 2 N–H and O–H groups in total. The molecular formula is C11H17BrN2O3S. The first-order chi connectivity index (χ1) is 8.39. The summed E-state index contributed by atoms with van der Waals surface area (Å²) in [5, 5.41) is 0. The van der Waals surface area contributed by atoms with Crippen molar-refractivity contribution in [3.8, 4) is 0 Å². The van der Waals surface area contributed by atoms with E-state index in [0.29, 0.717) is 29.9 Å². The fourth-order valence-corrected chi connectivity index (χ4v) is 3.02. The highest BCUT2D eigenvalue weighted by atomic mass is 79.9. The fraction of sp³-hybridized carbons (Fsp3) is 0.455. The molecule has 0 radical (unpaired) electrons. The van der Waals surface area contributed by atoms with Gasteiger partial charge in [-0.3, -0.25) is 0 Å². The summed E-state index contributed by atoms with van der Waals surface area (Å²) in [6, 6.07) is 4.56. The number of likely N-dealkylation sites (N-methyl/N-ethyl adjacent to an activating group) is 1. The number of ether oxygens (including phenoxy) is 1. The Balaban J connectivity index is 2.88. The molecule has 0 fully saturated rings. The molecule has 18 heavy (non-hydrogen) atoms. The third-order valence-electron chi connectivity index (χ3n) is 2.43. The maximum Gasteiger partial charge on any atom is 0.242 e. The van der Waals surface area contributed by atoms with Crippen LogP contribution < -0.4 is 5.73 Å². The highest BCUT2D eigenvalue weighted by molar-refractivity contribution is 9.10. The molecule has 0 unspecified atom stereocenters. The van der Waals surface area contributed by atoms with Gasteiger partial charge in [-0.15, -0.1) is 0 Å². The van der Waals surface area contributed by atoms with Gasteiger partial charge in [0.15, 0.2) is 0 Å². The molecule has 0 amide bonds. The van der Waals surface area contributed by atoms with Crippen LogP contribution in [0.2, 0.25) is 0 Å². The number of anilines is 1. The molecule has 5 nitrogen and oxygen atoms in total. The Bertz CT molecular complexity index is 505. The van der Waals surface area contributed by atoms with Crippen LogP contribution in [-0.2, 0) is 14.8 Å². The van der Waals surface area contributed by atoms with E-state index in [9.17, 15) is 8.42 Å². The van der Waals surface area contributed by atoms with Gasteiger partial charge in [0, 0.05) is 30.4 Å². The molecule has 102 valence electrons. The maximum atomic E-state index is 12.2. The summed E-state index contributed by atoms with van der Waals surface area (Å²) in [5.74, 6) is 0. The zero-order valence-electron chi connectivity index (χ0n) is 10.4. The Hall–Kier alpha value is -0.630. The standard InChI is InChI=1S/C11H17BrN2O3S/c1-3-17-7-6-14(2)18(15,16)9-4-5-11(13)10(12)8-9/h4-5,8H,3,6-7,13H2,1-2H3. The SMILES string of the molecule is CCOCCN(C)S(=O)(=O)c1ccc(N)c(Br)c1. The topological polar surface area (TPSA) is 72.6 Å². The minimum atomic E-state index is -3.49. The Morgan fingerprint density at radius 3 is 2.67 bits per heavy atom. The average molecular weight is 337 g/mol. The van der Waals surface area contributed by atoms with E-state index in [2.05, 4.69) is 15.9 Å². The molecule has 1 aromatic carbocycles. The number of benzene rings is 1. The summed E-state index contributed by atoms with van der Waals surface area (Å²) in [6.07, 6.45) is 0. The van der Waals surface area contributed by atoms with Crippen molar-refractivity contribution in [1.82, 2.24) is 4.31 Å². The number of halogens is 1. The lowest BCUT2D eigenvalue weighted by atomic mass is 10.3.